The minimum atomic E-state index is 0.309. The maximum Gasteiger partial charge on any atom is 0.343 e. The van der Waals surface area contributed by atoms with E-state index in [1.54, 1.807) is 11.5 Å². The highest BCUT2D eigenvalue weighted by Crippen LogP contribution is 2.37. The van der Waals surface area contributed by atoms with Crippen molar-refractivity contribution in [3.8, 4) is 11.4 Å². The summed E-state index contributed by atoms with van der Waals surface area (Å²) in [6.07, 6.45) is 5.96. The van der Waals surface area contributed by atoms with Crippen LogP contribution in [0.25, 0.3) is 11.4 Å². The highest BCUT2D eigenvalue weighted by atomic mass is 32.1. The summed E-state index contributed by atoms with van der Waals surface area (Å²) in [4.78, 5) is 4.77. The van der Waals surface area contributed by atoms with Crippen molar-refractivity contribution in [2.75, 3.05) is 0 Å². The molecule has 0 amide bonds. The van der Waals surface area contributed by atoms with Crippen LogP contribution in [0.1, 0.15) is 38.2 Å². The molecular weight excluding hydrogens is 276 g/mol. The first-order valence-corrected chi connectivity index (χ1v) is 8.38. The molecule has 3 rings (SSSR count). The van der Waals surface area contributed by atoms with Crippen molar-refractivity contribution in [1.82, 2.24) is 4.98 Å². The predicted octanol–water partition coefficient (Wildman–Crippen LogP) is 4.57. The molecule has 0 fully saturated rings. The summed E-state index contributed by atoms with van der Waals surface area (Å²) in [6.45, 7) is 9.08. The molecule has 1 aromatic carbocycles. The van der Waals surface area contributed by atoms with E-state index < -0.39 is 0 Å². The minimum absolute atomic E-state index is 0.309. The fourth-order valence-electron chi connectivity index (χ4n) is 3.26. The Hall–Kier alpha value is -1.48. The Bertz CT molecular complexity index is 655. The average molecular weight is 299 g/mol. The number of aromatic nitrogens is 2. The molecular formula is C18H23N2S+. The molecule has 0 N–H and O–H groups in total. The Labute approximate surface area is 131 Å². The summed E-state index contributed by atoms with van der Waals surface area (Å²) in [5.74, 6) is 1.72. The average Bonchev–Trinajstić information content (AvgIpc) is 2.80. The quantitative estimate of drug-likeness (QED) is 0.586. The predicted molar refractivity (Wildman–Crippen MR) is 88.2 cm³/mol. The Morgan fingerprint density at radius 1 is 1.24 bits per heavy atom. The van der Waals surface area contributed by atoms with Gasteiger partial charge in [0, 0.05) is 12.8 Å². The molecule has 110 valence electrons. The van der Waals surface area contributed by atoms with Crippen molar-refractivity contribution in [3.63, 3.8) is 0 Å². The van der Waals surface area contributed by atoms with Crippen molar-refractivity contribution in [3.05, 3.63) is 47.5 Å². The van der Waals surface area contributed by atoms with Crippen LogP contribution in [-0.2, 0) is 0 Å². The van der Waals surface area contributed by atoms with E-state index in [9.17, 15) is 0 Å². The molecule has 1 aliphatic rings. The lowest BCUT2D eigenvalue weighted by atomic mass is 9.75. The van der Waals surface area contributed by atoms with E-state index in [-0.39, 0.29) is 0 Å². The molecule has 0 saturated carbocycles. The summed E-state index contributed by atoms with van der Waals surface area (Å²) in [5, 5.41) is 1.12. The Balaban J connectivity index is 2.04. The van der Waals surface area contributed by atoms with Gasteiger partial charge in [0.05, 0.1) is 17.1 Å². The van der Waals surface area contributed by atoms with Crippen LogP contribution in [0.4, 0.5) is 0 Å². The number of benzene rings is 1. The van der Waals surface area contributed by atoms with E-state index in [0.29, 0.717) is 17.4 Å². The molecule has 0 bridgehead atoms. The summed E-state index contributed by atoms with van der Waals surface area (Å²) in [7, 11) is 0. The highest BCUT2D eigenvalue weighted by Gasteiger charge is 2.35. The van der Waals surface area contributed by atoms with Crippen molar-refractivity contribution >= 4 is 11.5 Å². The number of hydrogen-bond acceptors (Lipinski definition) is 2. The largest absolute Gasteiger partial charge is 0.343 e. The number of hydrogen-bond donors (Lipinski definition) is 0. The number of rotatable bonds is 2. The van der Waals surface area contributed by atoms with Crippen molar-refractivity contribution in [1.29, 1.82) is 0 Å². The first-order valence-electron chi connectivity index (χ1n) is 7.60. The van der Waals surface area contributed by atoms with E-state index in [4.69, 9.17) is 4.98 Å². The Morgan fingerprint density at radius 3 is 2.62 bits per heavy atom. The van der Waals surface area contributed by atoms with E-state index in [1.165, 1.54) is 12.0 Å². The summed E-state index contributed by atoms with van der Waals surface area (Å²) in [6, 6.07) is 10.9. The third-order valence-corrected chi connectivity index (χ3v) is 5.15. The Morgan fingerprint density at radius 2 is 1.95 bits per heavy atom. The fraction of sp³-hybridized carbons (Fsp3) is 0.444. The summed E-state index contributed by atoms with van der Waals surface area (Å²) in [5.41, 5.74) is 1.51. The smallest absolute Gasteiger partial charge is 0.161 e. The van der Waals surface area contributed by atoms with E-state index >= 15 is 0 Å². The van der Waals surface area contributed by atoms with Gasteiger partial charge in [0.1, 0.15) is 6.04 Å². The molecule has 21 heavy (non-hydrogen) atoms. The third kappa shape index (κ3) is 2.93. The second-order valence-electron chi connectivity index (χ2n) is 6.76. The van der Waals surface area contributed by atoms with Gasteiger partial charge in [-0.3, -0.25) is 0 Å². The normalized spacial score (nSPS) is 24.2. The van der Waals surface area contributed by atoms with Gasteiger partial charge in [-0.15, -0.1) is 0 Å². The third-order valence-electron chi connectivity index (χ3n) is 4.18. The zero-order valence-corrected chi connectivity index (χ0v) is 14.0. The van der Waals surface area contributed by atoms with Crippen LogP contribution in [0.3, 0.4) is 0 Å². The van der Waals surface area contributed by atoms with Gasteiger partial charge in [-0.2, -0.15) is 3.96 Å². The monoisotopic (exact) mass is 299 g/mol. The second-order valence-corrected chi connectivity index (χ2v) is 7.92. The van der Waals surface area contributed by atoms with Gasteiger partial charge in [-0.25, -0.2) is 0 Å². The molecule has 2 nitrogen and oxygen atoms in total. The zero-order chi connectivity index (χ0) is 15.0. The topological polar surface area (TPSA) is 16.8 Å². The minimum Gasteiger partial charge on any atom is -0.161 e. The maximum atomic E-state index is 4.77. The molecule has 1 aromatic heterocycles. The first kappa shape index (κ1) is 14.5. The van der Waals surface area contributed by atoms with Gasteiger partial charge < -0.3 is 0 Å². The van der Waals surface area contributed by atoms with Gasteiger partial charge in [0.15, 0.2) is 0 Å². The maximum absolute atomic E-state index is 4.77. The van der Waals surface area contributed by atoms with Crippen molar-refractivity contribution in [2.24, 2.45) is 11.3 Å². The summed E-state index contributed by atoms with van der Waals surface area (Å²) < 4.78 is 2.39. The lowest BCUT2D eigenvalue weighted by Crippen LogP contribution is -2.43. The van der Waals surface area contributed by atoms with Crippen molar-refractivity contribution < 1.29 is 3.96 Å². The molecule has 2 aromatic rings. The van der Waals surface area contributed by atoms with Crippen LogP contribution in [0, 0.1) is 18.3 Å². The SMILES string of the molecule is Cc1nc(-c2ccccc2)[n+](C2C=CC(C)(C)CC2C)s1. The van der Waals surface area contributed by atoms with Crippen LogP contribution in [0.2, 0.25) is 0 Å². The number of aryl methyl sites for hydroxylation is 1. The molecule has 2 unspecified atom stereocenters. The summed E-state index contributed by atoms with van der Waals surface area (Å²) >= 11 is 1.77. The fourth-order valence-corrected chi connectivity index (χ4v) is 4.31. The molecule has 3 heteroatoms. The standard InChI is InChI=1S/C18H23N2S/c1-13-12-18(3,4)11-10-16(13)20-17(19-14(2)21-20)15-8-6-5-7-9-15/h5-11,13,16H,12H2,1-4H3/q+1. The van der Waals surface area contributed by atoms with Crippen LogP contribution in [-0.4, -0.2) is 4.98 Å². The second kappa shape index (κ2) is 5.38. The van der Waals surface area contributed by atoms with Crippen molar-refractivity contribution in [2.45, 2.75) is 40.2 Å². The van der Waals surface area contributed by atoms with Crippen LogP contribution in [0.15, 0.2) is 42.5 Å². The van der Waals surface area contributed by atoms with Crippen LogP contribution >= 0.6 is 11.5 Å². The first-order chi connectivity index (χ1) is 9.96. The van der Waals surface area contributed by atoms with Gasteiger partial charge in [0.25, 0.3) is 0 Å². The van der Waals surface area contributed by atoms with E-state index in [0.717, 1.165) is 10.8 Å². The van der Waals surface area contributed by atoms with E-state index in [1.807, 2.05) is 0 Å². The zero-order valence-electron chi connectivity index (χ0n) is 13.2. The van der Waals surface area contributed by atoms with Gasteiger partial charge >= 0.3 is 5.82 Å². The lowest BCUT2D eigenvalue weighted by molar-refractivity contribution is -0.646. The molecule has 1 aliphatic carbocycles. The van der Waals surface area contributed by atoms with Crippen LogP contribution in [0.5, 0.6) is 0 Å². The molecule has 2 atom stereocenters. The molecule has 1 heterocycles. The number of nitrogens with zero attached hydrogens (tertiary/aromatic N) is 2. The van der Waals surface area contributed by atoms with Gasteiger partial charge in [0.2, 0.25) is 5.01 Å². The van der Waals surface area contributed by atoms with E-state index in [2.05, 4.69) is 74.1 Å². The molecule has 0 saturated heterocycles. The van der Waals surface area contributed by atoms with Gasteiger partial charge in [-0.1, -0.05) is 45.0 Å². The van der Waals surface area contributed by atoms with Gasteiger partial charge in [-0.05, 0) is 35.0 Å². The molecule has 0 radical (unpaired) electrons. The van der Waals surface area contributed by atoms with Crippen LogP contribution < -0.4 is 3.96 Å². The molecule has 0 spiro atoms. The Kier molecular flexibility index (Phi) is 3.70. The highest BCUT2D eigenvalue weighted by molar-refractivity contribution is 7.01. The lowest BCUT2D eigenvalue weighted by Gasteiger charge is -2.32. The number of allylic oxidation sites excluding steroid dienone is 2. The molecule has 0 aliphatic heterocycles.